The molecule has 4 nitrogen and oxygen atoms in total. The number of aliphatic hydroxyl groups is 1. The second-order valence-electron chi connectivity index (χ2n) is 4.11. The predicted octanol–water partition coefficient (Wildman–Crippen LogP) is 0.936. The molecule has 0 radical (unpaired) electrons. The summed E-state index contributed by atoms with van der Waals surface area (Å²) in [6.07, 6.45) is 1.99. The lowest BCUT2D eigenvalue weighted by atomic mass is 9.88. The first-order valence-electron chi connectivity index (χ1n) is 4.92. The lowest BCUT2D eigenvalue weighted by molar-refractivity contribution is -0.145. The van der Waals surface area contributed by atoms with Gasteiger partial charge in [0.05, 0.1) is 12.1 Å². The average Bonchev–Trinajstić information content (AvgIpc) is 2.39. The van der Waals surface area contributed by atoms with Crippen LogP contribution in [0.5, 0.6) is 0 Å². The van der Waals surface area contributed by atoms with Crippen molar-refractivity contribution in [1.29, 1.82) is 0 Å². The first-order valence-corrected chi connectivity index (χ1v) is 4.92. The van der Waals surface area contributed by atoms with Gasteiger partial charge in [0.25, 0.3) is 0 Å². The Balaban J connectivity index is 2.44. The summed E-state index contributed by atoms with van der Waals surface area (Å²) in [5, 5.41) is 19.1. The Morgan fingerprint density at radius 3 is 3.13 bits per heavy atom. The van der Waals surface area contributed by atoms with Crippen molar-refractivity contribution < 1.29 is 15.0 Å². The molecule has 1 aliphatic rings. The maximum Gasteiger partial charge on any atom is 0.306 e. The van der Waals surface area contributed by atoms with Crippen LogP contribution in [-0.2, 0) is 16.8 Å². The topological polar surface area (TPSA) is 70.4 Å². The highest BCUT2D eigenvalue weighted by molar-refractivity contribution is 5.69. The molecule has 2 unspecified atom stereocenters. The van der Waals surface area contributed by atoms with Gasteiger partial charge in [0.1, 0.15) is 5.60 Å². The molecule has 0 aromatic carbocycles. The standard InChI is InChI=1S/C11H13NO3/c1-7-5-8-3-2-4-12-10(8)11(7,15)6-9(13)14/h2-4,7,15H,5-6H2,1H3,(H,13,14). The van der Waals surface area contributed by atoms with Crippen molar-refractivity contribution >= 4 is 5.97 Å². The number of carboxylic acids is 1. The molecule has 2 N–H and O–H groups in total. The molecule has 0 bridgehead atoms. The number of hydrogen-bond donors (Lipinski definition) is 2. The number of aliphatic carboxylic acids is 1. The van der Waals surface area contributed by atoms with Crippen molar-refractivity contribution in [2.45, 2.75) is 25.4 Å². The van der Waals surface area contributed by atoms with Crippen molar-refractivity contribution in [3.05, 3.63) is 29.6 Å². The van der Waals surface area contributed by atoms with Crippen molar-refractivity contribution in [2.24, 2.45) is 5.92 Å². The number of carboxylic acid groups (broad SMARTS) is 1. The van der Waals surface area contributed by atoms with Crippen molar-refractivity contribution in [3.63, 3.8) is 0 Å². The first kappa shape index (κ1) is 10.1. The Morgan fingerprint density at radius 1 is 1.73 bits per heavy atom. The van der Waals surface area contributed by atoms with Gasteiger partial charge in [0.2, 0.25) is 0 Å². The van der Waals surface area contributed by atoms with Crippen LogP contribution in [0.4, 0.5) is 0 Å². The van der Waals surface area contributed by atoms with Crippen molar-refractivity contribution in [1.82, 2.24) is 4.98 Å². The van der Waals surface area contributed by atoms with Gasteiger partial charge < -0.3 is 10.2 Å². The van der Waals surface area contributed by atoms with Crippen LogP contribution in [0.1, 0.15) is 24.6 Å². The number of aromatic nitrogens is 1. The van der Waals surface area contributed by atoms with Crippen LogP contribution in [0.2, 0.25) is 0 Å². The SMILES string of the molecule is CC1Cc2cccnc2C1(O)CC(=O)O. The van der Waals surface area contributed by atoms with Crippen LogP contribution in [-0.4, -0.2) is 21.2 Å². The van der Waals surface area contributed by atoms with E-state index in [1.165, 1.54) is 0 Å². The molecule has 0 saturated heterocycles. The zero-order valence-corrected chi connectivity index (χ0v) is 8.47. The highest BCUT2D eigenvalue weighted by atomic mass is 16.4. The number of fused-ring (bicyclic) bond motifs is 1. The number of pyridine rings is 1. The molecule has 2 rings (SSSR count). The van der Waals surface area contributed by atoms with E-state index in [0.29, 0.717) is 12.1 Å². The Bertz CT molecular complexity index is 405. The molecule has 0 aliphatic heterocycles. The summed E-state index contributed by atoms with van der Waals surface area (Å²) in [5.41, 5.74) is 0.177. The minimum atomic E-state index is -1.30. The fourth-order valence-electron chi connectivity index (χ4n) is 2.21. The van der Waals surface area contributed by atoms with Crippen LogP contribution in [0.15, 0.2) is 18.3 Å². The summed E-state index contributed by atoms with van der Waals surface area (Å²) in [4.78, 5) is 14.8. The zero-order chi connectivity index (χ0) is 11.1. The molecule has 2 atom stereocenters. The molecule has 0 amide bonds. The number of hydrogen-bond acceptors (Lipinski definition) is 3. The quantitative estimate of drug-likeness (QED) is 0.757. The summed E-state index contributed by atoms with van der Waals surface area (Å²) in [5.74, 6) is -1.10. The van der Waals surface area contributed by atoms with E-state index < -0.39 is 11.6 Å². The molecule has 1 aliphatic carbocycles. The van der Waals surface area contributed by atoms with E-state index in [2.05, 4.69) is 4.98 Å². The van der Waals surface area contributed by atoms with Crippen LogP contribution in [0.3, 0.4) is 0 Å². The maximum absolute atomic E-state index is 10.7. The average molecular weight is 207 g/mol. The summed E-state index contributed by atoms with van der Waals surface area (Å²) in [6.45, 7) is 1.85. The van der Waals surface area contributed by atoms with E-state index >= 15 is 0 Å². The minimum Gasteiger partial charge on any atom is -0.481 e. The monoisotopic (exact) mass is 207 g/mol. The van der Waals surface area contributed by atoms with Gasteiger partial charge in [0, 0.05) is 6.20 Å². The largest absolute Gasteiger partial charge is 0.481 e. The molecular weight excluding hydrogens is 194 g/mol. The smallest absolute Gasteiger partial charge is 0.306 e. The van der Waals surface area contributed by atoms with Gasteiger partial charge in [0.15, 0.2) is 0 Å². The third-order valence-corrected chi connectivity index (χ3v) is 3.06. The molecule has 0 spiro atoms. The van der Waals surface area contributed by atoms with Crippen molar-refractivity contribution in [3.8, 4) is 0 Å². The van der Waals surface area contributed by atoms with Gasteiger partial charge >= 0.3 is 5.97 Å². The lowest BCUT2D eigenvalue weighted by Gasteiger charge is -2.25. The van der Waals surface area contributed by atoms with E-state index in [9.17, 15) is 9.90 Å². The summed E-state index contributed by atoms with van der Waals surface area (Å²) >= 11 is 0. The normalized spacial score (nSPS) is 28.8. The molecule has 1 heterocycles. The van der Waals surface area contributed by atoms with Crippen LogP contribution >= 0.6 is 0 Å². The zero-order valence-electron chi connectivity index (χ0n) is 8.47. The summed E-state index contributed by atoms with van der Waals surface area (Å²) < 4.78 is 0. The Kier molecular flexibility index (Phi) is 2.23. The van der Waals surface area contributed by atoms with E-state index in [0.717, 1.165) is 5.56 Å². The van der Waals surface area contributed by atoms with Crippen LogP contribution in [0, 0.1) is 5.92 Å². The molecule has 0 saturated carbocycles. The van der Waals surface area contributed by atoms with E-state index in [1.54, 1.807) is 12.3 Å². The highest BCUT2D eigenvalue weighted by Crippen LogP contribution is 2.42. The second kappa shape index (κ2) is 3.31. The van der Waals surface area contributed by atoms with Crippen LogP contribution < -0.4 is 0 Å². The Labute approximate surface area is 87.6 Å². The third kappa shape index (κ3) is 1.51. The van der Waals surface area contributed by atoms with Gasteiger partial charge in [-0.3, -0.25) is 9.78 Å². The highest BCUT2D eigenvalue weighted by Gasteiger charge is 2.45. The fourth-order valence-corrected chi connectivity index (χ4v) is 2.21. The van der Waals surface area contributed by atoms with Gasteiger partial charge in [-0.15, -0.1) is 0 Å². The van der Waals surface area contributed by atoms with Gasteiger partial charge in [-0.25, -0.2) is 0 Å². The third-order valence-electron chi connectivity index (χ3n) is 3.06. The van der Waals surface area contributed by atoms with E-state index in [4.69, 9.17) is 5.11 Å². The van der Waals surface area contributed by atoms with Gasteiger partial charge in [-0.05, 0) is 24.0 Å². The van der Waals surface area contributed by atoms with Gasteiger partial charge in [-0.2, -0.15) is 0 Å². The summed E-state index contributed by atoms with van der Waals surface area (Å²) in [7, 11) is 0. The Morgan fingerprint density at radius 2 is 2.47 bits per heavy atom. The molecule has 15 heavy (non-hydrogen) atoms. The second-order valence-corrected chi connectivity index (χ2v) is 4.11. The molecule has 0 fully saturated rings. The molecule has 80 valence electrons. The van der Waals surface area contributed by atoms with Crippen molar-refractivity contribution in [2.75, 3.05) is 0 Å². The number of rotatable bonds is 2. The fraction of sp³-hybridized carbons (Fsp3) is 0.455. The maximum atomic E-state index is 10.7. The molecule has 4 heteroatoms. The lowest BCUT2D eigenvalue weighted by Crippen LogP contribution is -2.33. The molecule has 1 aromatic heterocycles. The van der Waals surface area contributed by atoms with Crippen LogP contribution in [0.25, 0.3) is 0 Å². The van der Waals surface area contributed by atoms with E-state index in [1.807, 2.05) is 13.0 Å². The first-order chi connectivity index (χ1) is 7.04. The molecular formula is C11H13NO3. The number of carbonyl (C=O) groups is 1. The van der Waals surface area contributed by atoms with E-state index in [-0.39, 0.29) is 12.3 Å². The molecule has 1 aromatic rings. The van der Waals surface area contributed by atoms with Gasteiger partial charge in [-0.1, -0.05) is 13.0 Å². The summed E-state index contributed by atoms with van der Waals surface area (Å²) in [6, 6.07) is 3.69. The minimum absolute atomic E-state index is 0.0986. The predicted molar refractivity (Wildman–Crippen MR) is 53.3 cm³/mol. The Hall–Kier alpha value is -1.42. The number of nitrogens with zero attached hydrogens (tertiary/aromatic N) is 1.